The fraction of sp³-hybridized carbons (Fsp3) is 0.308. The molecule has 0 spiro atoms. The van der Waals surface area contributed by atoms with Gasteiger partial charge in [0, 0.05) is 18.3 Å². The first kappa shape index (κ1) is 13.8. The van der Waals surface area contributed by atoms with Crippen LogP contribution in [0, 0.1) is 10.5 Å². The highest BCUT2D eigenvalue weighted by atomic mass is 127. The quantitative estimate of drug-likeness (QED) is 0.484. The summed E-state index contributed by atoms with van der Waals surface area (Å²) < 4.78 is 8.33. The number of hydrogen-bond donors (Lipinski definition) is 0. The highest BCUT2D eigenvalue weighted by molar-refractivity contribution is 14.1. The van der Waals surface area contributed by atoms with Crippen molar-refractivity contribution in [3.63, 3.8) is 0 Å². The lowest BCUT2D eigenvalue weighted by Gasteiger charge is -2.02. The van der Waals surface area contributed by atoms with Crippen LogP contribution >= 0.6 is 34.2 Å². The fourth-order valence-electron chi connectivity index (χ4n) is 2.45. The van der Waals surface area contributed by atoms with Gasteiger partial charge in [0.25, 0.3) is 0 Å². The second-order valence-electron chi connectivity index (χ2n) is 4.50. The fourth-order valence-corrected chi connectivity index (χ4v) is 3.14. The van der Waals surface area contributed by atoms with E-state index in [1.807, 2.05) is 18.5 Å². The van der Waals surface area contributed by atoms with E-state index in [0.717, 1.165) is 43.7 Å². The van der Waals surface area contributed by atoms with Crippen LogP contribution in [-0.2, 0) is 13.5 Å². The molecule has 3 rings (SSSR count). The molecule has 3 aromatic heterocycles. The van der Waals surface area contributed by atoms with Crippen LogP contribution in [0.4, 0.5) is 0 Å². The van der Waals surface area contributed by atoms with E-state index in [9.17, 15) is 0 Å². The Bertz CT molecular complexity index is 808. The third-order valence-electron chi connectivity index (χ3n) is 3.40. The van der Waals surface area contributed by atoms with E-state index >= 15 is 0 Å². The summed E-state index contributed by atoms with van der Waals surface area (Å²) in [5.41, 5.74) is 3.71. The molecule has 0 aromatic carbocycles. The summed E-state index contributed by atoms with van der Waals surface area (Å²) >= 11 is 8.53. The first-order chi connectivity index (χ1) is 9.56. The van der Waals surface area contributed by atoms with E-state index in [0.29, 0.717) is 5.15 Å². The Hall–Kier alpha value is -1.15. The molecule has 20 heavy (non-hydrogen) atoms. The number of aryl methyl sites for hydroxylation is 2. The van der Waals surface area contributed by atoms with Crippen LogP contribution in [0.1, 0.15) is 18.4 Å². The van der Waals surface area contributed by atoms with Gasteiger partial charge in [0.15, 0.2) is 0 Å². The number of rotatable bonds is 2. The maximum atomic E-state index is 6.29. The Morgan fingerprint density at radius 1 is 1.40 bits per heavy atom. The molecule has 0 fully saturated rings. The van der Waals surface area contributed by atoms with Crippen LogP contribution in [-0.4, -0.2) is 19.7 Å². The average molecular weight is 403 g/mol. The minimum absolute atomic E-state index is 0.441. The summed E-state index contributed by atoms with van der Waals surface area (Å²) in [5.74, 6) is 0.799. The molecule has 0 atom stereocenters. The van der Waals surface area contributed by atoms with E-state index in [1.165, 1.54) is 6.33 Å². The maximum absolute atomic E-state index is 6.29. The molecule has 0 bridgehead atoms. The van der Waals surface area contributed by atoms with Crippen LogP contribution in [0.2, 0.25) is 5.15 Å². The lowest BCUT2D eigenvalue weighted by molar-refractivity contribution is 0.399. The van der Waals surface area contributed by atoms with Crippen molar-refractivity contribution >= 4 is 45.2 Å². The largest absolute Gasteiger partial charge is 0.360 e. The minimum atomic E-state index is 0.441. The number of nitrogens with zero attached hydrogens (tertiary/aromatic N) is 4. The molecule has 0 radical (unpaired) electrons. The number of aromatic nitrogens is 4. The summed E-state index contributed by atoms with van der Waals surface area (Å²) in [7, 11) is 1.98. The van der Waals surface area contributed by atoms with Gasteiger partial charge in [-0.25, -0.2) is 9.97 Å². The summed E-state index contributed by atoms with van der Waals surface area (Å²) in [6.45, 7) is 3.99. The molecule has 0 amide bonds. The Morgan fingerprint density at radius 2 is 2.15 bits per heavy atom. The van der Waals surface area contributed by atoms with Crippen molar-refractivity contribution in [2.45, 2.75) is 20.3 Å². The third kappa shape index (κ3) is 1.85. The summed E-state index contributed by atoms with van der Waals surface area (Å²) in [6.07, 6.45) is 2.33. The first-order valence-corrected chi connectivity index (χ1v) is 7.61. The summed E-state index contributed by atoms with van der Waals surface area (Å²) in [6, 6.07) is 0. The standard InChI is InChI=1S/C13H12ClIN4O/c1-4-7-8(11-10(15)6(2)20-18-11)9-12(14)16-5-17-13(9)19(7)3/h5H,4H2,1-3H3. The van der Waals surface area contributed by atoms with Crippen LogP contribution in [0.25, 0.3) is 22.3 Å². The van der Waals surface area contributed by atoms with E-state index < -0.39 is 0 Å². The normalized spacial score (nSPS) is 11.4. The summed E-state index contributed by atoms with van der Waals surface area (Å²) in [4.78, 5) is 8.44. The van der Waals surface area contributed by atoms with Crippen molar-refractivity contribution in [2.75, 3.05) is 0 Å². The monoisotopic (exact) mass is 402 g/mol. The van der Waals surface area contributed by atoms with Crippen molar-refractivity contribution in [3.8, 4) is 11.3 Å². The van der Waals surface area contributed by atoms with Crippen molar-refractivity contribution in [2.24, 2.45) is 7.05 Å². The number of hydrogen-bond acceptors (Lipinski definition) is 4. The minimum Gasteiger partial charge on any atom is -0.360 e. The molecule has 5 nitrogen and oxygen atoms in total. The van der Waals surface area contributed by atoms with Crippen LogP contribution in [0.3, 0.4) is 0 Å². The molecular weight excluding hydrogens is 391 g/mol. The predicted octanol–water partition coefficient (Wildman–Crippen LogP) is 3.75. The van der Waals surface area contributed by atoms with E-state index in [2.05, 4.69) is 44.6 Å². The highest BCUT2D eigenvalue weighted by Gasteiger charge is 2.24. The zero-order valence-electron chi connectivity index (χ0n) is 11.2. The number of halogens is 2. The second kappa shape index (κ2) is 5.00. The smallest absolute Gasteiger partial charge is 0.147 e. The van der Waals surface area contributed by atoms with Crippen LogP contribution < -0.4 is 0 Å². The van der Waals surface area contributed by atoms with Crippen molar-refractivity contribution in [1.29, 1.82) is 0 Å². The van der Waals surface area contributed by atoms with Crippen LogP contribution in [0.15, 0.2) is 10.9 Å². The van der Waals surface area contributed by atoms with Crippen LogP contribution in [0.5, 0.6) is 0 Å². The molecule has 3 heterocycles. The van der Waals surface area contributed by atoms with Crippen molar-refractivity contribution in [3.05, 3.63) is 26.5 Å². The number of fused-ring (bicyclic) bond motifs is 1. The first-order valence-electron chi connectivity index (χ1n) is 6.16. The van der Waals surface area contributed by atoms with E-state index in [1.54, 1.807) is 0 Å². The third-order valence-corrected chi connectivity index (χ3v) is 4.96. The Balaban J connectivity index is 2.48. The molecule has 0 saturated carbocycles. The van der Waals surface area contributed by atoms with Gasteiger partial charge >= 0.3 is 0 Å². The van der Waals surface area contributed by atoms with Gasteiger partial charge in [0.1, 0.15) is 28.6 Å². The van der Waals surface area contributed by atoms with Gasteiger partial charge in [-0.05, 0) is 35.9 Å². The van der Waals surface area contributed by atoms with E-state index in [4.69, 9.17) is 16.1 Å². The van der Waals surface area contributed by atoms with Gasteiger partial charge in [-0.3, -0.25) is 0 Å². The zero-order chi connectivity index (χ0) is 14.4. The maximum Gasteiger partial charge on any atom is 0.147 e. The van der Waals surface area contributed by atoms with E-state index in [-0.39, 0.29) is 0 Å². The molecule has 0 aliphatic carbocycles. The molecular formula is C13H12ClIN4O. The van der Waals surface area contributed by atoms with Crippen molar-refractivity contribution in [1.82, 2.24) is 19.7 Å². The molecule has 3 aromatic rings. The zero-order valence-corrected chi connectivity index (χ0v) is 14.2. The van der Waals surface area contributed by atoms with Gasteiger partial charge in [0.05, 0.1) is 8.96 Å². The Labute approximate surface area is 134 Å². The Morgan fingerprint density at radius 3 is 2.75 bits per heavy atom. The van der Waals surface area contributed by atoms with Gasteiger partial charge in [-0.2, -0.15) is 0 Å². The molecule has 0 saturated heterocycles. The molecule has 0 unspecified atom stereocenters. The van der Waals surface area contributed by atoms with Crippen molar-refractivity contribution < 1.29 is 4.52 Å². The average Bonchev–Trinajstić information content (AvgIpc) is 2.90. The highest BCUT2D eigenvalue weighted by Crippen LogP contribution is 2.38. The SMILES string of the molecule is CCc1c(-c2noc(C)c2I)c2c(Cl)ncnc2n1C. The predicted molar refractivity (Wildman–Crippen MR) is 85.8 cm³/mol. The topological polar surface area (TPSA) is 56.7 Å². The molecule has 0 aliphatic heterocycles. The second-order valence-corrected chi connectivity index (χ2v) is 5.94. The molecule has 0 N–H and O–H groups in total. The lowest BCUT2D eigenvalue weighted by atomic mass is 10.1. The molecule has 104 valence electrons. The van der Waals surface area contributed by atoms with Gasteiger partial charge < -0.3 is 9.09 Å². The van der Waals surface area contributed by atoms with Gasteiger partial charge in [0.2, 0.25) is 0 Å². The Kier molecular flexibility index (Phi) is 3.45. The molecule has 0 aliphatic rings. The molecule has 7 heteroatoms. The summed E-state index contributed by atoms with van der Waals surface area (Å²) in [5, 5.41) is 5.46. The van der Waals surface area contributed by atoms with Gasteiger partial charge in [-0.1, -0.05) is 23.7 Å². The van der Waals surface area contributed by atoms with Gasteiger partial charge in [-0.15, -0.1) is 0 Å². The lowest BCUT2D eigenvalue weighted by Crippen LogP contribution is -1.96.